The van der Waals surface area contributed by atoms with Gasteiger partial charge in [-0.15, -0.1) is 0 Å². The van der Waals surface area contributed by atoms with Crippen LogP contribution < -0.4 is 27.0 Å². The monoisotopic (exact) mass is 258 g/mol. The van der Waals surface area contributed by atoms with Crippen LogP contribution in [0.3, 0.4) is 0 Å². The molecule has 1 saturated heterocycles. The Morgan fingerprint density at radius 1 is 1.06 bits per heavy atom. The van der Waals surface area contributed by atoms with E-state index in [4.69, 9.17) is 5.73 Å². The number of urea groups is 1. The molecule has 0 atom stereocenters. The van der Waals surface area contributed by atoms with Crippen molar-refractivity contribution in [3.05, 3.63) is 0 Å². The Bertz CT molecular complexity index is 226. The van der Waals surface area contributed by atoms with Crippen LogP contribution >= 0.6 is 0 Å². The number of nitrogens with two attached hydrogens (primary N) is 1. The molecule has 0 aromatic heterocycles. The van der Waals surface area contributed by atoms with Gasteiger partial charge in [0.15, 0.2) is 0 Å². The van der Waals surface area contributed by atoms with E-state index in [1.165, 1.54) is 0 Å². The molecule has 1 rings (SSSR count). The number of amides is 2. The highest BCUT2D eigenvalue weighted by Crippen LogP contribution is 1.93. The van der Waals surface area contributed by atoms with E-state index in [2.05, 4.69) is 21.3 Å². The summed E-state index contributed by atoms with van der Waals surface area (Å²) in [6, 6.07) is 0.0564. The molecule has 0 spiro atoms. The Morgan fingerprint density at radius 3 is 2.22 bits per heavy atom. The molecule has 0 aliphatic carbocycles. The lowest BCUT2D eigenvalue weighted by atomic mass is 10.5. The lowest BCUT2D eigenvalue weighted by Gasteiger charge is -2.14. The van der Waals surface area contributed by atoms with Gasteiger partial charge in [-0.25, -0.2) is 4.79 Å². The van der Waals surface area contributed by atoms with Crippen LogP contribution in [-0.4, -0.2) is 76.4 Å². The van der Waals surface area contributed by atoms with Crippen LogP contribution in [0.15, 0.2) is 0 Å². The molecular weight excluding hydrogens is 232 g/mol. The molecule has 2 amide bonds. The SMILES string of the molecule is NCCNCCNCCNCCN1CCNC1=O. The first kappa shape index (κ1) is 15.2. The van der Waals surface area contributed by atoms with E-state index in [0.29, 0.717) is 6.54 Å². The number of carbonyl (C=O) groups excluding carboxylic acids is 1. The lowest BCUT2D eigenvalue weighted by molar-refractivity contribution is 0.217. The van der Waals surface area contributed by atoms with E-state index < -0.39 is 0 Å². The Kier molecular flexibility index (Phi) is 8.49. The van der Waals surface area contributed by atoms with Crippen LogP contribution in [0.5, 0.6) is 0 Å². The maximum absolute atomic E-state index is 11.2. The van der Waals surface area contributed by atoms with Crippen molar-refractivity contribution in [2.24, 2.45) is 5.73 Å². The second kappa shape index (κ2) is 10.1. The molecule has 0 unspecified atom stereocenters. The van der Waals surface area contributed by atoms with Gasteiger partial charge in [0.25, 0.3) is 0 Å². The average Bonchev–Trinajstić information content (AvgIpc) is 2.77. The van der Waals surface area contributed by atoms with Crippen molar-refractivity contribution in [1.82, 2.24) is 26.2 Å². The first-order valence-electron chi connectivity index (χ1n) is 6.69. The highest BCUT2D eigenvalue weighted by atomic mass is 16.2. The predicted octanol–water partition coefficient (Wildman–Crippen LogP) is -2.26. The van der Waals surface area contributed by atoms with Gasteiger partial charge < -0.3 is 31.9 Å². The molecule has 0 radical (unpaired) electrons. The molecule has 6 N–H and O–H groups in total. The lowest BCUT2D eigenvalue weighted by Crippen LogP contribution is -2.38. The summed E-state index contributed by atoms with van der Waals surface area (Å²) in [7, 11) is 0. The second-order valence-corrected chi connectivity index (χ2v) is 4.26. The summed E-state index contributed by atoms with van der Waals surface area (Å²) in [5.41, 5.74) is 5.36. The molecule has 1 fully saturated rings. The topological polar surface area (TPSA) is 94.4 Å². The van der Waals surface area contributed by atoms with Gasteiger partial charge in [0.1, 0.15) is 0 Å². The molecule has 7 nitrogen and oxygen atoms in total. The minimum atomic E-state index is 0.0564. The van der Waals surface area contributed by atoms with Gasteiger partial charge in [-0.1, -0.05) is 0 Å². The number of rotatable bonds is 11. The Hall–Kier alpha value is -0.890. The zero-order valence-corrected chi connectivity index (χ0v) is 11.0. The normalized spacial score (nSPS) is 15.2. The van der Waals surface area contributed by atoms with Crippen molar-refractivity contribution in [3.63, 3.8) is 0 Å². The minimum Gasteiger partial charge on any atom is -0.336 e. The molecule has 0 aromatic carbocycles. The molecule has 1 aliphatic heterocycles. The molecule has 18 heavy (non-hydrogen) atoms. The van der Waals surface area contributed by atoms with Gasteiger partial charge in [0.05, 0.1) is 0 Å². The van der Waals surface area contributed by atoms with Crippen molar-refractivity contribution in [2.45, 2.75) is 0 Å². The van der Waals surface area contributed by atoms with Crippen molar-refractivity contribution >= 4 is 6.03 Å². The maximum atomic E-state index is 11.2. The number of carbonyl (C=O) groups is 1. The first-order chi connectivity index (χ1) is 8.84. The zero-order chi connectivity index (χ0) is 13.1. The van der Waals surface area contributed by atoms with Gasteiger partial charge in [0.2, 0.25) is 0 Å². The Morgan fingerprint density at radius 2 is 1.67 bits per heavy atom. The van der Waals surface area contributed by atoms with E-state index in [1.807, 2.05) is 4.90 Å². The van der Waals surface area contributed by atoms with Crippen LogP contribution in [-0.2, 0) is 0 Å². The number of hydrogen-bond donors (Lipinski definition) is 5. The first-order valence-corrected chi connectivity index (χ1v) is 6.69. The predicted molar refractivity (Wildman–Crippen MR) is 72.6 cm³/mol. The average molecular weight is 258 g/mol. The van der Waals surface area contributed by atoms with Gasteiger partial charge >= 0.3 is 6.03 Å². The number of hydrogen-bond acceptors (Lipinski definition) is 5. The van der Waals surface area contributed by atoms with E-state index in [9.17, 15) is 4.79 Å². The highest BCUT2D eigenvalue weighted by Gasteiger charge is 2.17. The van der Waals surface area contributed by atoms with Gasteiger partial charge in [0, 0.05) is 65.4 Å². The molecule has 1 heterocycles. The molecule has 106 valence electrons. The zero-order valence-electron chi connectivity index (χ0n) is 11.0. The highest BCUT2D eigenvalue weighted by molar-refractivity contribution is 5.76. The van der Waals surface area contributed by atoms with Crippen LogP contribution in [0, 0.1) is 0 Å². The largest absolute Gasteiger partial charge is 0.336 e. The molecule has 0 bridgehead atoms. The van der Waals surface area contributed by atoms with Crippen molar-refractivity contribution in [2.75, 3.05) is 65.4 Å². The van der Waals surface area contributed by atoms with Crippen LogP contribution in [0.2, 0.25) is 0 Å². The number of nitrogens with zero attached hydrogens (tertiary/aromatic N) is 1. The fourth-order valence-corrected chi connectivity index (χ4v) is 1.77. The minimum absolute atomic E-state index is 0.0564. The smallest absolute Gasteiger partial charge is 0.317 e. The van der Waals surface area contributed by atoms with E-state index in [-0.39, 0.29) is 6.03 Å². The third-order valence-corrected chi connectivity index (χ3v) is 2.78. The van der Waals surface area contributed by atoms with Crippen molar-refractivity contribution in [3.8, 4) is 0 Å². The summed E-state index contributed by atoms with van der Waals surface area (Å²) in [5.74, 6) is 0. The fourth-order valence-electron chi connectivity index (χ4n) is 1.77. The maximum Gasteiger partial charge on any atom is 0.317 e. The summed E-state index contributed by atoms with van der Waals surface area (Å²) in [4.78, 5) is 13.1. The molecule has 1 aliphatic rings. The molecule has 7 heteroatoms. The van der Waals surface area contributed by atoms with E-state index >= 15 is 0 Å². The van der Waals surface area contributed by atoms with Crippen molar-refractivity contribution in [1.29, 1.82) is 0 Å². The summed E-state index contributed by atoms with van der Waals surface area (Å²) >= 11 is 0. The van der Waals surface area contributed by atoms with Crippen molar-refractivity contribution < 1.29 is 4.79 Å². The third-order valence-electron chi connectivity index (χ3n) is 2.78. The summed E-state index contributed by atoms with van der Waals surface area (Å²) < 4.78 is 0. The number of nitrogens with one attached hydrogen (secondary N) is 4. The van der Waals surface area contributed by atoms with Crippen LogP contribution in [0.25, 0.3) is 0 Å². The summed E-state index contributed by atoms with van der Waals surface area (Å²) in [5, 5.41) is 12.6. The van der Waals surface area contributed by atoms with E-state index in [1.54, 1.807) is 0 Å². The van der Waals surface area contributed by atoms with Gasteiger partial charge in [-0.3, -0.25) is 0 Å². The standard InChI is InChI=1S/C11H26N6O/c12-1-2-13-3-4-14-5-6-15-7-9-17-10-8-16-11(17)18/h13-15H,1-10,12H2,(H,16,18). The Labute approximate surface area is 109 Å². The van der Waals surface area contributed by atoms with Gasteiger partial charge in [-0.2, -0.15) is 0 Å². The second-order valence-electron chi connectivity index (χ2n) is 4.26. The van der Waals surface area contributed by atoms with Gasteiger partial charge in [-0.05, 0) is 0 Å². The summed E-state index contributed by atoms with van der Waals surface area (Å²) in [6.07, 6.45) is 0. The Balaban J connectivity index is 1.77. The molecular formula is C11H26N6O. The molecule has 0 saturated carbocycles. The van der Waals surface area contributed by atoms with Crippen LogP contribution in [0.1, 0.15) is 0 Å². The summed E-state index contributed by atoms with van der Waals surface area (Å²) in [6.45, 7) is 8.56. The fraction of sp³-hybridized carbons (Fsp3) is 0.909. The van der Waals surface area contributed by atoms with Crippen LogP contribution in [0.4, 0.5) is 4.79 Å². The van der Waals surface area contributed by atoms with E-state index in [0.717, 1.165) is 58.9 Å². The third kappa shape index (κ3) is 6.75. The quantitative estimate of drug-likeness (QED) is 0.270. The molecule has 0 aromatic rings.